The van der Waals surface area contributed by atoms with E-state index in [4.69, 9.17) is 4.74 Å². The molecule has 0 spiro atoms. The van der Waals surface area contributed by atoms with Gasteiger partial charge in [0.15, 0.2) is 0 Å². The molecule has 1 N–H and O–H groups in total. The highest BCUT2D eigenvalue weighted by Crippen LogP contribution is 2.26. The number of amides is 2. The molecular formula is C27H26BrN7O3S. The fourth-order valence-corrected chi connectivity index (χ4v) is 5.42. The molecule has 2 heterocycles. The van der Waals surface area contributed by atoms with E-state index in [-0.39, 0.29) is 17.6 Å². The van der Waals surface area contributed by atoms with Gasteiger partial charge in [0.2, 0.25) is 11.1 Å². The molecule has 0 atom stereocenters. The summed E-state index contributed by atoms with van der Waals surface area (Å²) < 4.78 is 7.75. The molecule has 0 radical (unpaired) electrons. The Balaban J connectivity index is 1.13. The minimum Gasteiger partial charge on any atom is -0.494 e. The van der Waals surface area contributed by atoms with Gasteiger partial charge in [-0.15, -0.1) is 5.10 Å². The first-order chi connectivity index (χ1) is 19.0. The van der Waals surface area contributed by atoms with E-state index in [1.807, 2.05) is 77.7 Å². The van der Waals surface area contributed by atoms with Crippen molar-refractivity contribution in [1.82, 2.24) is 25.1 Å². The third kappa shape index (κ3) is 6.23. The van der Waals surface area contributed by atoms with Crippen LogP contribution in [0.25, 0.3) is 5.69 Å². The molecular weight excluding hydrogens is 582 g/mol. The Bertz CT molecular complexity index is 1460. The van der Waals surface area contributed by atoms with Gasteiger partial charge in [-0.2, -0.15) is 4.68 Å². The van der Waals surface area contributed by atoms with Gasteiger partial charge >= 0.3 is 0 Å². The van der Waals surface area contributed by atoms with E-state index >= 15 is 0 Å². The van der Waals surface area contributed by atoms with Gasteiger partial charge in [-0.1, -0.05) is 36.0 Å². The molecule has 5 rings (SSSR count). The number of aromatic nitrogens is 4. The van der Waals surface area contributed by atoms with Crippen molar-refractivity contribution in [2.45, 2.75) is 5.16 Å². The van der Waals surface area contributed by atoms with Crippen molar-refractivity contribution in [2.24, 2.45) is 0 Å². The first-order valence-corrected chi connectivity index (χ1v) is 14.0. The Labute approximate surface area is 238 Å². The molecule has 2 amide bonds. The van der Waals surface area contributed by atoms with Crippen molar-refractivity contribution in [3.05, 3.63) is 82.8 Å². The number of para-hydroxylation sites is 2. The number of anilines is 2. The van der Waals surface area contributed by atoms with Crippen LogP contribution in [-0.2, 0) is 4.79 Å². The average molecular weight is 609 g/mol. The van der Waals surface area contributed by atoms with Crippen LogP contribution in [0.1, 0.15) is 10.4 Å². The Hall–Kier alpha value is -3.90. The molecule has 3 aromatic carbocycles. The topological polar surface area (TPSA) is 105 Å². The second-order valence-corrected chi connectivity index (χ2v) is 10.5. The van der Waals surface area contributed by atoms with Gasteiger partial charge in [-0.25, -0.2) is 0 Å². The maximum atomic E-state index is 12.9. The van der Waals surface area contributed by atoms with E-state index in [2.05, 4.69) is 41.7 Å². The molecule has 12 heteroatoms. The van der Waals surface area contributed by atoms with E-state index < -0.39 is 0 Å². The SMILES string of the molecule is COc1ccccc1-n1nnnc1SCC(=O)Nc1ccc(N2CCN(C(=O)c3ccccc3Br)CC2)cc1. The number of thioether (sulfide) groups is 1. The highest BCUT2D eigenvalue weighted by Gasteiger charge is 2.23. The number of piperazine rings is 1. The highest BCUT2D eigenvalue weighted by molar-refractivity contribution is 9.10. The summed E-state index contributed by atoms with van der Waals surface area (Å²) in [7, 11) is 1.58. The monoisotopic (exact) mass is 607 g/mol. The van der Waals surface area contributed by atoms with Crippen molar-refractivity contribution in [1.29, 1.82) is 0 Å². The van der Waals surface area contributed by atoms with E-state index in [0.29, 0.717) is 40.9 Å². The zero-order valence-electron chi connectivity index (χ0n) is 21.2. The third-order valence-corrected chi connectivity index (χ3v) is 7.88. The first-order valence-electron chi connectivity index (χ1n) is 12.3. The maximum Gasteiger partial charge on any atom is 0.255 e. The molecule has 1 fully saturated rings. The summed E-state index contributed by atoms with van der Waals surface area (Å²) in [6, 6.07) is 22.6. The Morgan fingerprint density at radius 2 is 1.69 bits per heavy atom. The molecule has 200 valence electrons. The number of carbonyl (C=O) groups is 2. The van der Waals surface area contributed by atoms with E-state index in [9.17, 15) is 9.59 Å². The van der Waals surface area contributed by atoms with Crippen LogP contribution in [0.15, 0.2) is 82.4 Å². The number of methoxy groups -OCH3 is 1. The van der Waals surface area contributed by atoms with Crippen LogP contribution in [0.4, 0.5) is 11.4 Å². The lowest BCUT2D eigenvalue weighted by Gasteiger charge is -2.36. The minimum absolute atomic E-state index is 0.0370. The number of rotatable bonds is 8. The molecule has 1 aliphatic heterocycles. The Kier molecular flexibility index (Phi) is 8.42. The molecule has 1 aromatic heterocycles. The normalized spacial score (nSPS) is 13.3. The lowest BCUT2D eigenvalue weighted by molar-refractivity contribution is -0.113. The van der Waals surface area contributed by atoms with Crippen LogP contribution in [-0.4, -0.2) is 76.0 Å². The number of carbonyl (C=O) groups excluding carboxylic acids is 2. The predicted octanol–water partition coefficient (Wildman–Crippen LogP) is 4.13. The number of nitrogens with zero attached hydrogens (tertiary/aromatic N) is 6. The first kappa shape index (κ1) is 26.7. The summed E-state index contributed by atoms with van der Waals surface area (Å²) in [5.41, 5.74) is 3.13. The summed E-state index contributed by atoms with van der Waals surface area (Å²) in [5, 5.41) is 15.2. The van der Waals surface area contributed by atoms with Crippen LogP contribution >= 0.6 is 27.7 Å². The Morgan fingerprint density at radius 1 is 0.974 bits per heavy atom. The summed E-state index contributed by atoms with van der Waals surface area (Å²) in [4.78, 5) is 29.6. The number of ether oxygens (including phenoxy) is 1. The van der Waals surface area contributed by atoms with Gasteiger partial charge in [0.1, 0.15) is 11.4 Å². The lowest BCUT2D eigenvalue weighted by atomic mass is 10.1. The molecule has 0 aliphatic carbocycles. The van der Waals surface area contributed by atoms with Gasteiger partial charge in [-0.05, 0) is 74.9 Å². The highest BCUT2D eigenvalue weighted by atomic mass is 79.9. The summed E-state index contributed by atoms with van der Waals surface area (Å²) in [5.74, 6) is 0.648. The lowest BCUT2D eigenvalue weighted by Crippen LogP contribution is -2.48. The van der Waals surface area contributed by atoms with Gasteiger partial charge in [-0.3, -0.25) is 9.59 Å². The number of hydrogen-bond acceptors (Lipinski definition) is 8. The molecule has 10 nitrogen and oxygen atoms in total. The quantitative estimate of drug-likeness (QED) is 0.298. The van der Waals surface area contributed by atoms with Gasteiger partial charge in [0.05, 0.1) is 18.4 Å². The number of benzene rings is 3. The largest absolute Gasteiger partial charge is 0.494 e. The molecule has 1 saturated heterocycles. The third-order valence-electron chi connectivity index (χ3n) is 6.27. The van der Waals surface area contributed by atoms with E-state index in [1.165, 1.54) is 11.8 Å². The second kappa shape index (κ2) is 12.3. The standard InChI is InChI=1S/C27H26BrN7O3S/c1-38-24-9-5-4-8-23(24)35-27(30-31-32-35)39-18-25(36)29-19-10-12-20(13-11-19)33-14-16-34(17-15-33)26(37)21-6-2-3-7-22(21)28/h2-13H,14-18H2,1H3,(H,29,36). The second-order valence-electron chi connectivity index (χ2n) is 8.69. The van der Waals surface area contributed by atoms with Gasteiger partial charge < -0.3 is 19.9 Å². The van der Waals surface area contributed by atoms with Gasteiger partial charge in [0, 0.05) is 42.0 Å². The maximum absolute atomic E-state index is 12.9. The summed E-state index contributed by atoms with van der Waals surface area (Å²) in [6.45, 7) is 2.76. The number of hydrogen-bond donors (Lipinski definition) is 1. The van der Waals surface area contributed by atoms with Crippen molar-refractivity contribution in [3.8, 4) is 11.4 Å². The van der Waals surface area contributed by atoms with Gasteiger partial charge in [0.25, 0.3) is 5.91 Å². The molecule has 0 saturated carbocycles. The molecule has 1 aliphatic rings. The van der Waals surface area contributed by atoms with E-state index in [1.54, 1.807) is 11.8 Å². The Morgan fingerprint density at radius 3 is 2.44 bits per heavy atom. The number of tetrazole rings is 1. The van der Waals surface area contributed by atoms with E-state index in [0.717, 1.165) is 23.2 Å². The fourth-order valence-electron chi connectivity index (χ4n) is 4.28. The van der Waals surface area contributed by atoms with Crippen molar-refractivity contribution >= 4 is 50.9 Å². The van der Waals surface area contributed by atoms with Crippen LogP contribution in [0, 0.1) is 0 Å². The smallest absolute Gasteiger partial charge is 0.255 e. The summed E-state index contributed by atoms with van der Waals surface area (Å²) >= 11 is 4.71. The predicted molar refractivity (Wildman–Crippen MR) is 154 cm³/mol. The van der Waals surface area contributed by atoms with Crippen LogP contribution in [0.3, 0.4) is 0 Å². The molecule has 39 heavy (non-hydrogen) atoms. The van der Waals surface area contributed by atoms with Crippen LogP contribution < -0.4 is 15.0 Å². The minimum atomic E-state index is -0.165. The average Bonchev–Trinajstić information content (AvgIpc) is 3.45. The molecule has 0 bridgehead atoms. The van der Waals surface area contributed by atoms with Crippen LogP contribution in [0.2, 0.25) is 0 Å². The zero-order chi connectivity index (χ0) is 27.2. The fraction of sp³-hybridized carbons (Fsp3) is 0.222. The van der Waals surface area contributed by atoms with Crippen LogP contribution in [0.5, 0.6) is 5.75 Å². The van der Waals surface area contributed by atoms with Crippen molar-refractivity contribution in [2.75, 3.05) is 49.3 Å². The summed E-state index contributed by atoms with van der Waals surface area (Å²) in [6.07, 6.45) is 0. The molecule has 0 unspecified atom stereocenters. The van der Waals surface area contributed by atoms with Crippen molar-refractivity contribution in [3.63, 3.8) is 0 Å². The molecule has 4 aromatic rings. The number of halogens is 1. The zero-order valence-corrected chi connectivity index (χ0v) is 23.6. The number of nitrogens with one attached hydrogen (secondary N) is 1. The van der Waals surface area contributed by atoms with Crippen molar-refractivity contribution < 1.29 is 14.3 Å².